The smallest absolute Gasteiger partial charge is 0.101 e. The molecule has 66 valence electrons. The number of fused-ring (bicyclic) bond motifs is 1. The molecular formula is C10H11N3. The molecule has 2 N–H and O–H groups in total. The fourth-order valence-corrected chi connectivity index (χ4v) is 1.25. The zero-order chi connectivity index (χ0) is 9.10. The molecule has 0 aromatic heterocycles. The summed E-state index contributed by atoms with van der Waals surface area (Å²) in [6.07, 6.45) is 2.59. The summed E-state index contributed by atoms with van der Waals surface area (Å²) in [5.74, 6) is 0.657. The molecule has 0 radical (unpaired) electrons. The van der Waals surface area contributed by atoms with Crippen molar-refractivity contribution >= 4 is 17.7 Å². The topological polar surface area (TPSA) is 50.7 Å². The van der Waals surface area contributed by atoms with Gasteiger partial charge in [0, 0.05) is 24.7 Å². The molecule has 0 bridgehead atoms. The van der Waals surface area contributed by atoms with Gasteiger partial charge in [-0.2, -0.15) is 0 Å². The van der Waals surface area contributed by atoms with Crippen LogP contribution in [0, 0.1) is 0 Å². The number of hydrogen-bond donors (Lipinski definition) is 1. The van der Waals surface area contributed by atoms with Crippen molar-refractivity contribution in [3.63, 3.8) is 0 Å². The summed E-state index contributed by atoms with van der Waals surface area (Å²) >= 11 is 0. The molecule has 1 aliphatic heterocycles. The van der Waals surface area contributed by atoms with Crippen molar-refractivity contribution in [1.29, 1.82) is 0 Å². The highest BCUT2D eigenvalue weighted by Crippen LogP contribution is 2.17. The van der Waals surface area contributed by atoms with Crippen LogP contribution in [-0.2, 0) is 0 Å². The Morgan fingerprint density at radius 2 is 2.08 bits per heavy atom. The van der Waals surface area contributed by atoms with Crippen molar-refractivity contribution in [1.82, 2.24) is 0 Å². The SMILES string of the molecule is NC1=Nc2ccccc2C=NCC1. The van der Waals surface area contributed by atoms with E-state index >= 15 is 0 Å². The van der Waals surface area contributed by atoms with Gasteiger partial charge < -0.3 is 5.73 Å². The average Bonchev–Trinajstić information content (AvgIpc) is 2.11. The molecule has 2 rings (SSSR count). The Kier molecular flexibility index (Phi) is 2.08. The van der Waals surface area contributed by atoms with Crippen LogP contribution in [0.15, 0.2) is 34.3 Å². The van der Waals surface area contributed by atoms with Gasteiger partial charge in [-0.25, -0.2) is 4.99 Å². The Morgan fingerprint density at radius 3 is 3.00 bits per heavy atom. The number of amidine groups is 1. The van der Waals surface area contributed by atoms with Crippen LogP contribution in [0.5, 0.6) is 0 Å². The molecule has 0 unspecified atom stereocenters. The van der Waals surface area contributed by atoms with E-state index < -0.39 is 0 Å². The third-order valence-corrected chi connectivity index (χ3v) is 1.93. The van der Waals surface area contributed by atoms with Crippen LogP contribution in [-0.4, -0.2) is 18.6 Å². The number of para-hydroxylation sites is 1. The maximum Gasteiger partial charge on any atom is 0.101 e. The summed E-state index contributed by atoms with van der Waals surface area (Å²) in [7, 11) is 0. The van der Waals surface area contributed by atoms with Crippen molar-refractivity contribution in [3.8, 4) is 0 Å². The number of hydrogen-bond acceptors (Lipinski definition) is 3. The molecule has 0 amide bonds. The van der Waals surface area contributed by atoms with E-state index in [4.69, 9.17) is 5.73 Å². The summed E-state index contributed by atoms with van der Waals surface area (Å²) < 4.78 is 0. The van der Waals surface area contributed by atoms with Crippen LogP contribution in [0.25, 0.3) is 0 Å². The summed E-state index contributed by atoms with van der Waals surface area (Å²) in [6, 6.07) is 7.85. The zero-order valence-corrected chi connectivity index (χ0v) is 7.27. The van der Waals surface area contributed by atoms with Gasteiger partial charge in [-0.05, 0) is 6.07 Å². The van der Waals surface area contributed by atoms with Crippen LogP contribution in [0.1, 0.15) is 12.0 Å². The highest BCUT2D eigenvalue weighted by Gasteiger charge is 2.01. The number of nitrogens with zero attached hydrogens (tertiary/aromatic N) is 2. The molecule has 1 aromatic carbocycles. The minimum Gasteiger partial charge on any atom is -0.387 e. The molecule has 3 nitrogen and oxygen atoms in total. The van der Waals surface area contributed by atoms with Gasteiger partial charge in [-0.1, -0.05) is 18.2 Å². The Hall–Kier alpha value is -1.64. The first kappa shape index (κ1) is 7.98. The summed E-state index contributed by atoms with van der Waals surface area (Å²) in [4.78, 5) is 8.54. The molecule has 13 heavy (non-hydrogen) atoms. The van der Waals surface area contributed by atoms with Gasteiger partial charge in [0.15, 0.2) is 0 Å². The van der Waals surface area contributed by atoms with E-state index in [1.807, 2.05) is 30.5 Å². The van der Waals surface area contributed by atoms with Gasteiger partial charge in [0.25, 0.3) is 0 Å². The molecule has 0 saturated heterocycles. The lowest BCUT2D eigenvalue weighted by atomic mass is 10.2. The Bertz CT molecular complexity index is 366. The summed E-state index contributed by atoms with van der Waals surface area (Å²) in [5.41, 5.74) is 7.63. The molecule has 0 fully saturated rings. The van der Waals surface area contributed by atoms with Crippen LogP contribution >= 0.6 is 0 Å². The Morgan fingerprint density at radius 1 is 1.23 bits per heavy atom. The standard InChI is InChI=1S/C10H11N3/c11-10-5-6-12-7-8-3-1-2-4-9(8)13-10/h1-4,7H,5-6H2,(H2,11,13). The first-order valence-electron chi connectivity index (χ1n) is 4.28. The second-order valence-electron chi connectivity index (χ2n) is 2.95. The molecule has 3 heteroatoms. The second kappa shape index (κ2) is 3.39. The predicted molar refractivity (Wildman–Crippen MR) is 54.8 cm³/mol. The quantitative estimate of drug-likeness (QED) is 0.635. The summed E-state index contributed by atoms with van der Waals surface area (Å²) in [6.45, 7) is 0.726. The van der Waals surface area contributed by atoms with E-state index in [0.717, 1.165) is 24.2 Å². The van der Waals surface area contributed by atoms with Crippen LogP contribution in [0.2, 0.25) is 0 Å². The fraction of sp³-hybridized carbons (Fsp3) is 0.200. The number of benzene rings is 1. The lowest BCUT2D eigenvalue weighted by Gasteiger charge is -2.05. The van der Waals surface area contributed by atoms with Gasteiger partial charge in [0.05, 0.1) is 5.69 Å². The van der Waals surface area contributed by atoms with E-state index in [2.05, 4.69) is 9.98 Å². The van der Waals surface area contributed by atoms with Gasteiger partial charge in [-0.15, -0.1) is 0 Å². The molecule has 1 aromatic rings. The third-order valence-electron chi connectivity index (χ3n) is 1.93. The first-order valence-corrected chi connectivity index (χ1v) is 4.28. The van der Waals surface area contributed by atoms with Crippen LogP contribution < -0.4 is 5.73 Å². The van der Waals surface area contributed by atoms with E-state index in [1.165, 1.54) is 0 Å². The van der Waals surface area contributed by atoms with Gasteiger partial charge in [0.1, 0.15) is 5.84 Å². The van der Waals surface area contributed by atoms with E-state index in [9.17, 15) is 0 Å². The van der Waals surface area contributed by atoms with Crippen molar-refractivity contribution in [2.75, 3.05) is 6.54 Å². The van der Waals surface area contributed by atoms with Gasteiger partial charge in [0.2, 0.25) is 0 Å². The van der Waals surface area contributed by atoms with Crippen molar-refractivity contribution < 1.29 is 0 Å². The van der Waals surface area contributed by atoms with Crippen molar-refractivity contribution in [2.24, 2.45) is 15.7 Å². The first-order chi connectivity index (χ1) is 6.36. The number of aliphatic imine (C=N–C) groups is 2. The minimum absolute atomic E-state index is 0.657. The highest BCUT2D eigenvalue weighted by atomic mass is 14.9. The van der Waals surface area contributed by atoms with Crippen molar-refractivity contribution in [2.45, 2.75) is 6.42 Å². The highest BCUT2D eigenvalue weighted by molar-refractivity contribution is 5.92. The third kappa shape index (κ3) is 1.75. The predicted octanol–water partition coefficient (Wildman–Crippen LogP) is 1.50. The van der Waals surface area contributed by atoms with Crippen molar-refractivity contribution in [3.05, 3.63) is 29.8 Å². The maximum atomic E-state index is 5.70. The van der Waals surface area contributed by atoms with Gasteiger partial charge in [-0.3, -0.25) is 4.99 Å². The maximum absolute atomic E-state index is 5.70. The van der Waals surface area contributed by atoms with E-state index in [1.54, 1.807) is 0 Å². The lowest BCUT2D eigenvalue weighted by Crippen LogP contribution is -2.13. The van der Waals surface area contributed by atoms with E-state index in [0.29, 0.717) is 5.84 Å². The number of rotatable bonds is 0. The molecule has 1 aliphatic rings. The molecular weight excluding hydrogens is 162 g/mol. The monoisotopic (exact) mass is 173 g/mol. The van der Waals surface area contributed by atoms with Crippen LogP contribution in [0.4, 0.5) is 5.69 Å². The molecule has 1 heterocycles. The normalized spacial score (nSPS) is 15.5. The molecule has 0 spiro atoms. The zero-order valence-electron chi connectivity index (χ0n) is 7.27. The molecule has 0 aliphatic carbocycles. The largest absolute Gasteiger partial charge is 0.387 e. The van der Waals surface area contributed by atoms with E-state index in [-0.39, 0.29) is 0 Å². The minimum atomic E-state index is 0.657. The lowest BCUT2D eigenvalue weighted by molar-refractivity contribution is 1.03. The molecule has 0 saturated carbocycles. The average molecular weight is 173 g/mol. The van der Waals surface area contributed by atoms with Crippen LogP contribution in [0.3, 0.4) is 0 Å². The Balaban J connectivity index is 2.51. The summed E-state index contributed by atoms with van der Waals surface area (Å²) in [5, 5.41) is 0. The van der Waals surface area contributed by atoms with Gasteiger partial charge >= 0.3 is 0 Å². The number of nitrogens with two attached hydrogens (primary N) is 1. The second-order valence-corrected chi connectivity index (χ2v) is 2.95. The fourth-order valence-electron chi connectivity index (χ4n) is 1.25. The molecule has 0 atom stereocenters. The Labute approximate surface area is 77.0 Å².